The van der Waals surface area contributed by atoms with Crippen LogP contribution in [0.15, 0.2) is 17.8 Å². The lowest BCUT2D eigenvalue weighted by Crippen LogP contribution is -1.99. The van der Waals surface area contributed by atoms with Crippen LogP contribution >= 0.6 is 11.6 Å². The topological polar surface area (TPSA) is 63.1 Å². The van der Waals surface area contributed by atoms with Gasteiger partial charge in [0.1, 0.15) is 0 Å². The monoisotopic (exact) mass is 212 g/mol. The predicted octanol–water partition coefficient (Wildman–Crippen LogP) is 2.01. The molecule has 74 valence electrons. The second-order valence-electron chi connectivity index (χ2n) is 2.58. The summed E-state index contributed by atoms with van der Waals surface area (Å²) in [5.74, 6) is -0.942. The second kappa shape index (κ2) is 4.72. The van der Waals surface area contributed by atoms with Crippen molar-refractivity contribution in [2.75, 3.05) is 0 Å². The van der Waals surface area contributed by atoms with Crippen molar-refractivity contribution >= 4 is 23.6 Å². The van der Waals surface area contributed by atoms with Gasteiger partial charge in [-0.2, -0.15) is 0 Å². The Morgan fingerprint density at radius 1 is 1.71 bits per heavy atom. The quantitative estimate of drug-likeness (QED) is 0.615. The highest BCUT2D eigenvalue weighted by molar-refractivity contribution is 6.28. The van der Waals surface area contributed by atoms with E-state index in [2.05, 4.69) is 9.97 Å². The van der Waals surface area contributed by atoms with E-state index in [0.717, 1.165) is 0 Å². The molecule has 0 amide bonds. The van der Waals surface area contributed by atoms with Gasteiger partial charge >= 0.3 is 5.97 Å². The Bertz CT molecular complexity index is 377. The third kappa shape index (κ3) is 2.81. The van der Waals surface area contributed by atoms with Crippen LogP contribution in [0.5, 0.6) is 0 Å². The fourth-order valence-corrected chi connectivity index (χ4v) is 1.08. The minimum Gasteiger partial charge on any atom is -0.478 e. The van der Waals surface area contributed by atoms with Gasteiger partial charge in [-0.15, -0.1) is 0 Å². The maximum absolute atomic E-state index is 10.7. The number of hydrogen-bond donors (Lipinski definition) is 1. The van der Waals surface area contributed by atoms with E-state index in [-0.39, 0.29) is 5.28 Å². The SMILES string of the molecule is CC/C(=C\c1ccnc(Cl)n1)C(=O)O. The molecule has 0 saturated carbocycles. The van der Waals surface area contributed by atoms with Gasteiger partial charge in [-0.3, -0.25) is 0 Å². The minimum absolute atomic E-state index is 0.111. The Balaban J connectivity index is 3.00. The molecular weight excluding hydrogens is 204 g/mol. The molecule has 1 aromatic rings. The van der Waals surface area contributed by atoms with Gasteiger partial charge in [0.15, 0.2) is 0 Å². The fourth-order valence-electron chi connectivity index (χ4n) is 0.922. The molecule has 0 bridgehead atoms. The van der Waals surface area contributed by atoms with E-state index in [0.29, 0.717) is 17.7 Å². The molecule has 0 spiro atoms. The lowest BCUT2D eigenvalue weighted by molar-refractivity contribution is -0.132. The Hall–Kier alpha value is -1.42. The summed E-state index contributed by atoms with van der Waals surface area (Å²) < 4.78 is 0. The highest BCUT2D eigenvalue weighted by atomic mass is 35.5. The Morgan fingerprint density at radius 2 is 2.43 bits per heavy atom. The number of hydrogen-bond acceptors (Lipinski definition) is 3. The van der Waals surface area contributed by atoms with Crippen LogP contribution in [0.4, 0.5) is 0 Å². The van der Waals surface area contributed by atoms with E-state index in [4.69, 9.17) is 16.7 Å². The zero-order valence-corrected chi connectivity index (χ0v) is 8.32. The number of carboxylic acids is 1. The van der Waals surface area contributed by atoms with Crippen LogP contribution < -0.4 is 0 Å². The van der Waals surface area contributed by atoms with E-state index in [1.54, 1.807) is 13.0 Å². The smallest absolute Gasteiger partial charge is 0.331 e. The maximum Gasteiger partial charge on any atom is 0.331 e. The van der Waals surface area contributed by atoms with Crippen molar-refractivity contribution in [3.05, 3.63) is 28.8 Å². The summed E-state index contributed by atoms with van der Waals surface area (Å²) in [4.78, 5) is 18.2. The van der Waals surface area contributed by atoms with Crippen molar-refractivity contribution in [1.29, 1.82) is 0 Å². The number of rotatable bonds is 3. The molecule has 0 radical (unpaired) electrons. The zero-order valence-electron chi connectivity index (χ0n) is 7.57. The highest BCUT2D eigenvalue weighted by Crippen LogP contribution is 2.09. The summed E-state index contributed by atoms with van der Waals surface area (Å²) in [7, 11) is 0. The van der Waals surface area contributed by atoms with E-state index < -0.39 is 5.97 Å². The van der Waals surface area contributed by atoms with Gasteiger partial charge < -0.3 is 5.11 Å². The van der Waals surface area contributed by atoms with Crippen LogP contribution in [-0.2, 0) is 4.79 Å². The molecule has 0 unspecified atom stereocenters. The van der Waals surface area contributed by atoms with Gasteiger partial charge in [0, 0.05) is 11.8 Å². The summed E-state index contributed by atoms with van der Waals surface area (Å²) in [6.45, 7) is 1.77. The summed E-state index contributed by atoms with van der Waals surface area (Å²) in [5, 5.41) is 8.87. The van der Waals surface area contributed by atoms with Crippen LogP contribution in [0.3, 0.4) is 0 Å². The van der Waals surface area contributed by atoms with E-state index in [1.807, 2.05) is 0 Å². The van der Waals surface area contributed by atoms with Crippen molar-refractivity contribution in [3.8, 4) is 0 Å². The standard InChI is InChI=1S/C9H9ClN2O2/c1-2-6(8(13)14)5-7-3-4-11-9(10)12-7/h3-5H,2H2,1H3,(H,13,14)/b6-5+. The molecule has 0 atom stereocenters. The number of carbonyl (C=O) groups is 1. The van der Waals surface area contributed by atoms with E-state index in [1.165, 1.54) is 12.3 Å². The van der Waals surface area contributed by atoms with Gasteiger partial charge in [-0.05, 0) is 30.2 Å². The van der Waals surface area contributed by atoms with Crippen molar-refractivity contribution in [3.63, 3.8) is 0 Å². The minimum atomic E-state index is -0.942. The summed E-state index contributed by atoms with van der Waals surface area (Å²) in [6, 6.07) is 1.60. The predicted molar refractivity (Wildman–Crippen MR) is 52.9 cm³/mol. The van der Waals surface area contributed by atoms with Crippen LogP contribution in [0.1, 0.15) is 19.0 Å². The first-order valence-corrected chi connectivity index (χ1v) is 4.43. The number of aromatic nitrogens is 2. The van der Waals surface area contributed by atoms with Crippen LogP contribution in [0.25, 0.3) is 6.08 Å². The number of nitrogens with zero attached hydrogens (tertiary/aromatic N) is 2. The van der Waals surface area contributed by atoms with Crippen LogP contribution in [0, 0.1) is 0 Å². The lowest BCUT2D eigenvalue weighted by Gasteiger charge is -1.97. The molecular formula is C9H9ClN2O2. The molecule has 0 aliphatic heterocycles. The molecule has 1 N–H and O–H groups in total. The summed E-state index contributed by atoms with van der Waals surface area (Å²) in [6.07, 6.45) is 3.41. The number of aliphatic carboxylic acids is 1. The number of halogens is 1. The Morgan fingerprint density at radius 3 is 2.93 bits per heavy atom. The molecule has 4 nitrogen and oxygen atoms in total. The molecule has 0 fully saturated rings. The average molecular weight is 213 g/mol. The lowest BCUT2D eigenvalue weighted by atomic mass is 10.1. The molecule has 14 heavy (non-hydrogen) atoms. The molecule has 1 heterocycles. The Kier molecular flexibility index (Phi) is 3.59. The van der Waals surface area contributed by atoms with Crippen LogP contribution in [-0.4, -0.2) is 21.0 Å². The normalized spacial score (nSPS) is 11.4. The molecule has 5 heteroatoms. The van der Waals surface area contributed by atoms with Gasteiger partial charge in [0.2, 0.25) is 5.28 Å². The van der Waals surface area contributed by atoms with Crippen molar-refractivity contribution < 1.29 is 9.90 Å². The Labute approximate surface area is 86.3 Å². The summed E-state index contributed by atoms with van der Waals surface area (Å²) in [5.41, 5.74) is 0.795. The van der Waals surface area contributed by atoms with Crippen LogP contribution in [0.2, 0.25) is 5.28 Å². The molecule has 0 aliphatic carbocycles. The highest BCUT2D eigenvalue weighted by Gasteiger charge is 2.04. The third-order valence-corrected chi connectivity index (χ3v) is 1.81. The summed E-state index contributed by atoms with van der Waals surface area (Å²) >= 11 is 5.55. The molecule has 0 aromatic carbocycles. The maximum atomic E-state index is 10.7. The largest absolute Gasteiger partial charge is 0.478 e. The van der Waals surface area contributed by atoms with Gasteiger partial charge in [-0.1, -0.05) is 6.92 Å². The molecule has 1 aromatic heterocycles. The molecule has 1 rings (SSSR count). The van der Waals surface area contributed by atoms with Crippen molar-refractivity contribution in [1.82, 2.24) is 9.97 Å². The van der Waals surface area contributed by atoms with Gasteiger partial charge in [0.05, 0.1) is 5.69 Å². The van der Waals surface area contributed by atoms with E-state index >= 15 is 0 Å². The van der Waals surface area contributed by atoms with Gasteiger partial charge in [-0.25, -0.2) is 14.8 Å². The third-order valence-electron chi connectivity index (χ3n) is 1.63. The first-order chi connectivity index (χ1) is 6.63. The van der Waals surface area contributed by atoms with Crippen molar-refractivity contribution in [2.45, 2.75) is 13.3 Å². The first kappa shape index (κ1) is 10.7. The second-order valence-corrected chi connectivity index (χ2v) is 2.92. The molecule has 0 aliphatic rings. The average Bonchev–Trinajstić information content (AvgIpc) is 2.14. The number of carboxylic acid groups (broad SMARTS) is 1. The first-order valence-electron chi connectivity index (χ1n) is 4.06. The van der Waals surface area contributed by atoms with Crippen molar-refractivity contribution in [2.24, 2.45) is 0 Å². The fraction of sp³-hybridized carbons (Fsp3) is 0.222. The zero-order chi connectivity index (χ0) is 10.6. The molecule has 0 saturated heterocycles. The van der Waals surface area contributed by atoms with E-state index in [9.17, 15) is 4.79 Å². The van der Waals surface area contributed by atoms with Gasteiger partial charge in [0.25, 0.3) is 0 Å².